The molecule has 0 N–H and O–H groups in total. The highest BCUT2D eigenvalue weighted by Crippen LogP contribution is 2.31. The summed E-state index contributed by atoms with van der Waals surface area (Å²) >= 11 is 0. The molecule has 0 bridgehead atoms. The van der Waals surface area contributed by atoms with E-state index in [1.165, 1.54) is 5.56 Å². The molecule has 3 rings (SSSR count). The van der Waals surface area contributed by atoms with Gasteiger partial charge in [0, 0.05) is 32.2 Å². The molecule has 1 atom stereocenters. The molecule has 1 aromatic heterocycles. The Balaban J connectivity index is 1.70. The van der Waals surface area contributed by atoms with Crippen molar-refractivity contribution in [2.24, 2.45) is 0 Å². The smallest absolute Gasteiger partial charge is 0.232 e. The maximum atomic E-state index is 12.4. The number of hydrogen-bond acceptors (Lipinski definition) is 5. The van der Waals surface area contributed by atoms with E-state index in [0.29, 0.717) is 43.6 Å². The number of benzene rings is 1. The number of ether oxygens (including phenoxy) is 1. The van der Waals surface area contributed by atoms with Crippen molar-refractivity contribution in [2.45, 2.75) is 38.5 Å². The molecule has 6 heteroatoms. The molecule has 1 saturated heterocycles. The lowest BCUT2D eigenvalue weighted by Crippen LogP contribution is -2.24. The van der Waals surface area contributed by atoms with Gasteiger partial charge >= 0.3 is 0 Å². The van der Waals surface area contributed by atoms with E-state index in [0.717, 1.165) is 5.69 Å². The fourth-order valence-electron chi connectivity index (χ4n) is 2.89. The summed E-state index contributed by atoms with van der Waals surface area (Å²) in [6.07, 6.45) is 1.01. The van der Waals surface area contributed by atoms with Gasteiger partial charge in [0.25, 0.3) is 0 Å². The maximum Gasteiger partial charge on any atom is 0.232 e. The number of amides is 1. The Labute approximate surface area is 141 Å². The van der Waals surface area contributed by atoms with Crippen LogP contribution in [0.25, 0.3) is 0 Å². The van der Waals surface area contributed by atoms with E-state index in [4.69, 9.17) is 9.26 Å². The molecule has 128 valence electrons. The van der Waals surface area contributed by atoms with Gasteiger partial charge in [-0.15, -0.1) is 0 Å². The molecule has 6 nitrogen and oxygen atoms in total. The summed E-state index contributed by atoms with van der Waals surface area (Å²) in [4.78, 5) is 18.6. The van der Waals surface area contributed by atoms with E-state index in [-0.39, 0.29) is 11.8 Å². The fourth-order valence-corrected chi connectivity index (χ4v) is 2.89. The van der Waals surface area contributed by atoms with E-state index < -0.39 is 0 Å². The lowest BCUT2D eigenvalue weighted by molar-refractivity contribution is -0.117. The fraction of sp³-hybridized carbons (Fsp3) is 0.500. The standard InChI is InChI=1S/C18H23N3O3/c1-12(2)13-4-6-15(7-5-13)21-11-14(10-17(21)22)18-19-16(20-24-18)8-9-23-3/h4-7,12,14H,8-11H2,1-3H3/t14-/m0/s1. The highest BCUT2D eigenvalue weighted by molar-refractivity contribution is 5.96. The minimum atomic E-state index is -0.0499. The maximum absolute atomic E-state index is 12.4. The molecule has 2 heterocycles. The first-order valence-corrected chi connectivity index (χ1v) is 8.30. The third-order valence-electron chi connectivity index (χ3n) is 4.36. The van der Waals surface area contributed by atoms with E-state index in [9.17, 15) is 4.79 Å². The highest BCUT2D eigenvalue weighted by Gasteiger charge is 2.35. The molecule has 1 aromatic carbocycles. The number of anilines is 1. The summed E-state index contributed by atoms with van der Waals surface area (Å²) in [6, 6.07) is 8.17. The molecule has 24 heavy (non-hydrogen) atoms. The Hall–Kier alpha value is -2.21. The SMILES string of the molecule is COCCc1noc([C@H]2CC(=O)N(c3ccc(C(C)C)cc3)C2)n1. The predicted molar refractivity (Wildman–Crippen MR) is 90.1 cm³/mol. The quantitative estimate of drug-likeness (QED) is 0.815. The summed E-state index contributed by atoms with van der Waals surface area (Å²) in [5.74, 6) is 1.68. The summed E-state index contributed by atoms with van der Waals surface area (Å²) in [5.41, 5.74) is 2.19. The van der Waals surface area contributed by atoms with Gasteiger partial charge in [0.2, 0.25) is 11.8 Å². The first kappa shape index (κ1) is 16.6. The van der Waals surface area contributed by atoms with Crippen molar-refractivity contribution in [1.82, 2.24) is 10.1 Å². The molecule has 1 amide bonds. The van der Waals surface area contributed by atoms with E-state index in [1.807, 2.05) is 12.1 Å². The summed E-state index contributed by atoms with van der Waals surface area (Å²) < 4.78 is 10.3. The molecule has 0 spiro atoms. The van der Waals surface area contributed by atoms with Crippen molar-refractivity contribution in [3.63, 3.8) is 0 Å². The number of carbonyl (C=O) groups excluding carboxylic acids is 1. The van der Waals surface area contributed by atoms with Crippen molar-refractivity contribution in [1.29, 1.82) is 0 Å². The third-order valence-corrected chi connectivity index (χ3v) is 4.36. The van der Waals surface area contributed by atoms with Gasteiger partial charge in [-0.05, 0) is 23.6 Å². The van der Waals surface area contributed by atoms with Gasteiger partial charge in [0.15, 0.2) is 5.82 Å². The van der Waals surface area contributed by atoms with Crippen LogP contribution in [0.2, 0.25) is 0 Å². The van der Waals surface area contributed by atoms with Crippen LogP contribution in [0.4, 0.5) is 5.69 Å². The normalized spacial score (nSPS) is 17.9. The van der Waals surface area contributed by atoms with Crippen LogP contribution in [0, 0.1) is 0 Å². The molecular weight excluding hydrogens is 306 g/mol. The van der Waals surface area contributed by atoms with Gasteiger partial charge < -0.3 is 14.2 Å². The molecule has 1 aliphatic rings. The summed E-state index contributed by atoms with van der Waals surface area (Å²) in [5, 5.41) is 3.96. The Morgan fingerprint density at radius 3 is 2.75 bits per heavy atom. The lowest BCUT2D eigenvalue weighted by atomic mass is 10.0. The molecule has 0 aliphatic carbocycles. The van der Waals surface area contributed by atoms with Crippen LogP contribution in [0.15, 0.2) is 28.8 Å². The van der Waals surface area contributed by atoms with Gasteiger partial charge in [-0.25, -0.2) is 0 Å². The van der Waals surface area contributed by atoms with Gasteiger partial charge in [-0.1, -0.05) is 31.1 Å². The Bertz CT molecular complexity index is 694. The monoisotopic (exact) mass is 329 g/mol. The van der Waals surface area contributed by atoms with Crippen LogP contribution in [-0.4, -0.2) is 36.3 Å². The average Bonchev–Trinajstić information content (AvgIpc) is 3.19. The van der Waals surface area contributed by atoms with E-state index in [2.05, 4.69) is 36.1 Å². The minimum Gasteiger partial charge on any atom is -0.384 e. The van der Waals surface area contributed by atoms with Gasteiger partial charge in [0.05, 0.1) is 12.5 Å². The van der Waals surface area contributed by atoms with Crippen LogP contribution < -0.4 is 4.90 Å². The van der Waals surface area contributed by atoms with Crippen LogP contribution in [0.3, 0.4) is 0 Å². The average molecular weight is 329 g/mol. The number of aromatic nitrogens is 2. The van der Waals surface area contributed by atoms with Gasteiger partial charge in [0.1, 0.15) is 0 Å². The zero-order valence-electron chi connectivity index (χ0n) is 14.4. The zero-order valence-corrected chi connectivity index (χ0v) is 14.4. The minimum absolute atomic E-state index is 0.0499. The Morgan fingerprint density at radius 1 is 1.33 bits per heavy atom. The number of rotatable bonds is 6. The summed E-state index contributed by atoms with van der Waals surface area (Å²) in [7, 11) is 1.64. The molecule has 1 fully saturated rings. The topological polar surface area (TPSA) is 68.5 Å². The molecule has 0 saturated carbocycles. The van der Waals surface area contributed by atoms with E-state index >= 15 is 0 Å². The molecular formula is C18H23N3O3. The van der Waals surface area contributed by atoms with Crippen LogP contribution >= 0.6 is 0 Å². The van der Waals surface area contributed by atoms with Crippen molar-refractivity contribution in [3.05, 3.63) is 41.5 Å². The predicted octanol–water partition coefficient (Wildman–Crippen LogP) is 2.90. The second kappa shape index (κ2) is 7.13. The first-order valence-electron chi connectivity index (χ1n) is 8.30. The zero-order chi connectivity index (χ0) is 17.1. The second-order valence-electron chi connectivity index (χ2n) is 6.44. The molecule has 0 radical (unpaired) electrons. The van der Waals surface area contributed by atoms with Crippen molar-refractivity contribution in [3.8, 4) is 0 Å². The van der Waals surface area contributed by atoms with Gasteiger partial charge in [-0.2, -0.15) is 4.98 Å². The van der Waals surface area contributed by atoms with Crippen molar-refractivity contribution in [2.75, 3.05) is 25.2 Å². The largest absolute Gasteiger partial charge is 0.384 e. The number of nitrogens with zero attached hydrogens (tertiary/aromatic N) is 3. The number of carbonyl (C=O) groups is 1. The highest BCUT2D eigenvalue weighted by atomic mass is 16.5. The van der Waals surface area contributed by atoms with Crippen molar-refractivity contribution < 1.29 is 14.1 Å². The Kier molecular flexibility index (Phi) is 4.94. The first-order chi connectivity index (χ1) is 11.6. The van der Waals surface area contributed by atoms with Gasteiger partial charge in [-0.3, -0.25) is 4.79 Å². The number of hydrogen-bond donors (Lipinski definition) is 0. The Morgan fingerprint density at radius 2 is 2.08 bits per heavy atom. The second-order valence-corrected chi connectivity index (χ2v) is 6.44. The van der Waals surface area contributed by atoms with Crippen molar-refractivity contribution >= 4 is 11.6 Å². The number of methoxy groups -OCH3 is 1. The molecule has 0 unspecified atom stereocenters. The summed E-state index contributed by atoms with van der Waals surface area (Å²) in [6.45, 7) is 5.44. The molecule has 1 aliphatic heterocycles. The van der Waals surface area contributed by atoms with Crippen LogP contribution in [0.5, 0.6) is 0 Å². The third kappa shape index (κ3) is 3.48. The van der Waals surface area contributed by atoms with E-state index in [1.54, 1.807) is 12.0 Å². The molecule has 2 aromatic rings. The lowest BCUT2D eigenvalue weighted by Gasteiger charge is -2.17. The van der Waals surface area contributed by atoms with Crippen LogP contribution in [0.1, 0.15) is 49.4 Å². The van der Waals surface area contributed by atoms with Crippen LogP contribution in [-0.2, 0) is 16.0 Å².